The van der Waals surface area contributed by atoms with Crippen LogP contribution in [0.3, 0.4) is 0 Å². The zero-order valence-electron chi connectivity index (χ0n) is 9.74. The van der Waals surface area contributed by atoms with Gasteiger partial charge in [0.05, 0.1) is 22.3 Å². The molecule has 0 radical (unpaired) electrons. The number of ether oxygens (including phenoxy) is 1. The van der Waals surface area contributed by atoms with E-state index >= 15 is 0 Å². The van der Waals surface area contributed by atoms with Crippen molar-refractivity contribution in [3.63, 3.8) is 0 Å². The van der Waals surface area contributed by atoms with E-state index in [0.29, 0.717) is 12.1 Å². The number of aryl methyl sites for hydroxylation is 1. The molecule has 1 fully saturated rings. The standard InChI is InChI=1S/C11H18BrN3O/c1-7-10(12)11(13)15(14-7)8-3-5-9(16-2)6-4-8/h8-9H,3-6,13H2,1-2H3. The molecule has 0 atom stereocenters. The van der Waals surface area contributed by atoms with Gasteiger partial charge in [0, 0.05) is 7.11 Å². The van der Waals surface area contributed by atoms with Gasteiger partial charge >= 0.3 is 0 Å². The lowest BCUT2D eigenvalue weighted by Gasteiger charge is -2.28. The number of hydrogen-bond donors (Lipinski definition) is 1. The van der Waals surface area contributed by atoms with Gasteiger partial charge < -0.3 is 10.5 Å². The van der Waals surface area contributed by atoms with Crippen molar-refractivity contribution in [1.82, 2.24) is 9.78 Å². The van der Waals surface area contributed by atoms with Gasteiger partial charge in [-0.05, 0) is 48.5 Å². The van der Waals surface area contributed by atoms with Gasteiger partial charge in [-0.25, -0.2) is 4.68 Å². The SMILES string of the molecule is COC1CCC(n2nc(C)c(Br)c2N)CC1. The predicted molar refractivity (Wildman–Crippen MR) is 67.4 cm³/mol. The summed E-state index contributed by atoms with van der Waals surface area (Å²) in [6.07, 6.45) is 4.79. The summed E-state index contributed by atoms with van der Waals surface area (Å²) in [5, 5.41) is 4.49. The monoisotopic (exact) mass is 287 g/mol. The molecule has 0 aliphatic heterocycles. The normalized spacial score (nSPS) is 25.9. The second-order valence-electron chi connectivity index (χ2n) is 4.40. The number of hydrogen-bond acceptors (Lipinski definition) is 3. The molecule has 0 amide bonds. The van der Waals surface area contributed by atoms with Crippen molar-refractivity contribution in [1.29, 1.82) is 0 Å². The van der Waals surface area contributed by atoms with Crippen LogP contribution in [0, 0.1) is 6.92 Å². The molecule has 1 heterocycles. The number of nitrogens with zero attached hydrogens (tertiary/aromatic N) is 2. The second kappa shape index (κ2) is 4.75. The Morgan fingerprint density at radius 3 is 2.44 bits per heavy atom. The maximum Gasteiger partial charge on any atom is 0.136 e. The molecule has 1 saturated carbocycles. The van der Waals surface area contributed by atoms with Crippen molar-refractivity contribution in [3.8, 4) is 0 Å². The van der Waals surface area contributed by atoms with E-state index in [4.69, 9.17) is 10.5 Å². The third-order valence-corrected chi connectivity index (χ3v) is 4.35. The molecule has 0 saturated heterocycles. The minimum Gasteiger partial charge on any atom is -0.383 e. The third-order valence-electron chi connectivity index (χ3n) is 3.37. The Hall–Kier alpha value is -0.550. The van der Waals surface area contributed by atoms with Gasteiger partial charge in [-0.15, -0.1) is 0 Å². The highest BCUT2D eigenvalue weighted by Crippen LogP contribution is 2.34. The molecule has 0 unspecified atom stereocenters. The number of anilines is 1. The van der Waals surface area contributed by atoms with Crippen molar-refractivity contribution in [2.75, 3.05) is 12.8 Å². The van der Waals surface area contributed by atoms with Crippen LogP contribution < -0.4 is 5.73 Å². The Kier molecular flexibility index (Phi) is 3.54. The van der Waals surface area contributed by atoms with Crippen LogP contribution >= 0.6 is 15.9 Å². The van der Waals surface area contributed by atoms with E-state index in [1.54, 1.807) is 7.11 Å². The Bertz CT molecular complexity index is 370. The minimum absolute atomic E-state index is 0.414. The van der Waals surface area contributed by atoms with E-state index in [1.165, 1.54) is 0 Å². The summed E-state index contributed by atoms with van der Waals surface area (Å²) in [5.74, 6) is 0.748. The summed E-state index contributed by atoms with van der Waals surface area (Å²) in [5.41, 5.74) is 6.99. The quantitative estimate of drug-likeness (QED) is 0.910. The first-order valence-corrected chi connectivity index (χ1v) is 6.45. The van der Waals surface area contributed by atoms with Gasteiger partial charge in [-0.3, -0.25) is 0 Å². The molecule has 2 rings (SSSR count). The number of aromatic nitrogens is 2. The number of rotatable bonds is 2. The fourth-order valence-electron chi connectivity index (χ4n) is 2.35. The first-order valence-electron chi connectivity index (χ1n) is 5.66. The van der Waals surface area contributed by atoms with E-state index in [-0.39, 0.29) is 0 Å². The molecule has 0 aromatic carbocycles. The molecule has 4 nitrogen and oxygen atoms in total. The van der Waals surface area contributed by atoms with Crippen LogP contribution in [0.5, 0.6) is 0 Å². The lowest BCUT2D eigenvalue weighted by molar-refractivity contribution is 0.0571. The first-order chi connectivity index (χ1) is 7.63. The average Bonchev–Trinajstić information content (AvgIpc) is 2.57. The van der Waals surface area contributed by atoms with Gasteiger partial charge in [0.15, 0.2) is 0 Å². The largest absolute Gasteiger partial charge is 0.383 e. The maximum absolute atomic E-state index is 6.02. The lowest BCUT2D eigenvalue weighted by atomic mass is 9.93. The van der Waals surface area contributed by atoms with Crippen LogP contribution in [0.15, 0.2) is 4.47 Å². The number of nitrogens with two attached hydrogens (primary N) is 1. The molecular weight excluding hydrogens is 270 g/mol. The van der Waals surface area contributed by atoms with Crippen molar-refractivity contribution in [2.45, 2.75) is 44.8 Å². The molecule has 1 aromatic heterocycles. The summed E-state index contributed by atoms with van der Waals surface area (Å²) in [7, 11) is 1.79. The highest BCUT2D eigenvalue weighted by atomic mass is 79.9. The fraction of sp³-hybridized carbons (Fsp3) is 0.727. The van der Waals surface area contributed by atoms with E-state index < -0.39 is 0 Å². The second-order valence-corrected chi connectivity index (χ2v) is 5.19. The summed E-state index contributed by atoms with van der Waals surface area (Å²) < 4.78 is 8.26. The van der Waals surface area contributed by atoms with Crippen molar-refractivity contribution >= 4 is 21.7 Å². The molecule has 1 aliphatic rings. The van der Waals surface area contributed by atoms with Gasteiger partial charge in [-0.1, -0.05) is 0 Å². The van der Waals surface area contributed by atoms with Crippen LogP contribution in [0.25, 0.3) is 0 Å². The smallest absolute Gasteiger partial charge is 0.136 e. The van der Waals surface area contributed by atoms with E-state index in [9.17, 15) is 0 Å². The molecule has 0 bridgehead atoms. The Morgan fingerprint density at radius 2 is 2.00 bits per heavy atom. The van der Waals surface area contributed by atoms with Crippen LogP contribution in [0.4, 0.5) is 5.82 Å². The maximum atomic E-state index is 6.02. The van der Waals surface area contributed by atoms with Crippen molar-refractivity contribution < 1.29 is 4.74 Å². The molecule has 16 heavy (non-hydrogen) atoms. The van der Waals surface area contributed by atoms with E-state index in [1.807, 2.05) is 11.6 Å². The summed E-state index contributed by atoms with van der Waals surface area (Å²) in [6, 6.07) is 0.427. The first kappa shape index (κ1) is 11.9. The highest BCUT2D eigenvalue weighted by molar-refractivity contribution is 9.10. The van der Waals surface area contributed by atoms with Gasteiger partial charge in [0.25, 0.3) is 0 Å². The molecule has 2 N–H and O–H groups in total. The van der Waals surface area contributed by atoms with Crippen LogP contribution in [-0.4, -0.2) is 23.0 Å². The van der Waals surface area contributed by atoms with Gasteiger partial charge in [-0.2, -0.15) is 5.10 Å². The number of halogens is 1. The molecule has 1 aliphatic carbocycles. The highest BCUT2D eigenvalue weighted by Gasteiger charge is 2.25. The zero-order chi connectivity index (χ0) is 11.7. The predicted octanol–water partition coefficient (Wildman–Crippen LogP) is 2.67. The lowest BCUT2D eigenvalue weighted by Crippen LogP contribution is -2.24. The Labute approximate surface area is 104 Å². The van der Waals surface area contributed by atoms with Gasteiger partial charge in [0.1, 0.15) is 5.82 Å². The minimum atomic E-state index is 0.414. The fourth-order valence-corrected chi connectivity index (χ4v) is 2.61. The Balaban J connectivity index is 2.11. The van der Waals surface area contributed by atoms with E-state index in [2.05, 4.69) is 21.0 Å². The van der Waals surface area contributed by atoms with Crippen molar-refractivity contribution in [2.24, 2.45) is 0 Å². The summed E-state index contributed by atoms with van der Waals surface area (Å²) in [6.45, 7) is 1.97. The van der Waals surface area contributed by atoms with Crippen LogP contribution in [-0.2, 0) is 4.74 Å². The molecule has 1 aromatic rings. The summed E-state index contributed by atoms with van der Waals surface area (Å²) >= 11 is 3.46. The van der Waals surface area contributed by atoms with Gasteiger partial charge in [0.2, 0.25) is 0 Å². The Morgan fingerprint density at radius 1 is 1.38 bits per heavy atom. The van der Waals surface area contributed by atoms with Crippen LogP contribution in [0.1, 0.15) is 37.4 Å². The summed E-state index contributed by atoms with van der Waals surface area (Å²) in [4.78, 5) is 0. The topological polar surface area (TPSA) is 53.1 Å². The van der Waals surface area contributed by atoms with E-state index in [0.717, 1.165) is 41.7 Å². The zero-order valence-corrected chi connectivity index (χ0v) is 11.3. The molecule has 0 spiro atoms. The van der Waals surface area contributed by atoms with Crippen LogP contribution in [0.2, 0.25) is 0 Å². The molecule has 5 heteroatoms. The third kappa shape index (κ3) is 2.11. The molecule has 90 valence electrons. The molecular formula is C11H18BrN3O. The number of nitrogen functional groups attached to an aromatic ring is 1. The average molecular weight is 288 g/mol. The number of methoxy groups -OCH3 is 1. The van der Waals surface area contributed by atoms with Crippen molar-refractivity contribution in [3.05, 3.63) is 10.2 Å².